The molecule has 0 aromatic carbocycles. The Labute approximate surface area is 111 Å². The SMILES string of the molecule is CC12C=CC=C3COC(C4=C(C1)C(=O)C=CC4=O)C32. The van der Waals surface area contributed by atoms with Gasteiger partial charge in [0.1, 0.15) is 0 Å². The molecule has 0 spiro atoms. The highest BCUT2D eigenvalue weighted by molar-refractivity contribution is 6.21. The van der Waals surface area contributed by atoms with Crippen molar-refractivity contribution in [2.75, 3.05) is 6.61 Å². The van der Waals surface area contributed by atoms with E-state index in [-0.39, 0.29) is 29.0 Å². The van der Waals surface area contributed by atoms with E-state index in [1.807, 2.05) is 6.08 Å². The maximum Gasteiger partial charge on any atom is 0.185 e. The molecule has 0 amide bonds. The molecule has 3 heteroatoms. The fourth-order valence-corrected chi connectivity index (χ4v) is 3.90. The summed E-state index contributed by atoms with van der Waals surface area (Å²) in [7, 11) is 0. The highest BCUT2D eigenvalue weighted by Crippen LogP contribution is 2.54. The first-order valence-electron chi connectivity index (χ1n) is 6.60. The molecule has 19 heavy (non-hydrogen) atoms. The molecule has 3 unspecified atom stereocenters. The van der Waals surface area contributed by atoms with E-state index >= 15 is 0 Å². The molecule has 4 rings (SSSR count). The smallest absolute Gasteiger partial charge is 0.185 e. The van der Waals surface area contributed by atoms with Crippen LogP contribution in [0.25, 0.3) is 0 Å². The van der Waals surface area contributed by atoms with Crippen LogP contribution in [-0.2, 0) is 14.3 Å². The van der Waals surface area contributed by atoms with Gasteiger partial charge < -0.3 is 4.74 Å². The van der Waals surface area contributed by atoms with E-state index in [9.17, 15) is 9.59 Å². The number of ketones is 2. The average molecular weight is 254 g/mol. The van der Waals surface area contributed by atoms with Gasteiger partial charge in [-0.15, -0.1) is 0 Å². The molecule has 0 radical (unpaired) electrons. The van der Waals surface area contributed by atoms with Gasteiger partial charge in [0.05, 0.1) is 12.7 Å². The van der Waals surface area contributed by atoms with E-state index in [1.54, 1.807) is 0 Å². The van der Waals surface area contributed by atoms with Crippen molar-refractivity contribution in [3.05, 3.63) is 47.1 Å². The third kappa shape index (κ3) is 1.31. The summed E-state index contributed by atoms with van der Waals surface area (Å²) in [5, 5.41) is 0. The minimum Gasteiger partial charge on any atom is -0.368 e. The summed E-state index contributed by atoms with van der Waals surface area (Å²) in [5.41, 5.74) is 2.40. The lowest BCUT2D eigenvalue weighted by molar-refractivity contribution is -0.117. The van der Waals surface area contributed by atoms with Crippen LogP contribution in [0.5, 0.6) is 0 Å². The van der Waals surface area contributed by atoms with Crippen LogP contribution in [0.2, 0.25) is 0 Å². The number of carbonyl (C=O) groups excluding carboxylic acids is 2. The number of rotatable bonds is 0. The van der Waals surface area contributed by atoms with Gasteiger partial charge in [0, 0.05) is 17.1 Å². The Morgan fingerprint density at radius 2 is 2.05 bits per heavy atom. The lowest BCUT2D eigenvalue weighted by Crippen LogP contribution is -2.43. The molecule has 1 heterocycles. The largest absolute Gasteiger partial charge is 0.368 e. The monoisotopic (exact) mass is 254 g/mol. The second kappa shape index (κ2) is 3.42. The first-order chi connectivity index (χ1) is 9.10. The fraction of sp³-hybridized carbons (Fsp3) is 0.375. The Bertz CT molecular complexity index is 632. The van der Waals surface area contributed by atoms with Crippen LogP contribution in [0, 0.1) is 11.3 Å². The van der Waals surface area contributed by atoms with E-state index in [1.165, 1.54) is 17.7 Å². The van der Waals surface area contributed by atoms with Gasteiger partial charge in [-0.1, -0.05) is 25.2 Å². The molecule has 0 N–H and O–H groups in total. The van der Waals surface area contributed by atoms with Gasteiger partial charge in [-0.05, 0) is 29.6 Å². The van der Waals surface area contributed by atoms with Crippen molar-refractivity contribution in [3.8, 4) is 0 Å². The van der Waals surface area contributed by atoms with Crippen LogP contribution in [0.4, 0.5) is 0 Å². The molecule has 1 saturated heterocycles. The molecule has 4 aliphatic rings. The third-order valence-electron chi connectivity index (χ3n) is 4.75. The number of carbonyl (C=O) groups is 2. The van der Waals surface area contributed by atoms with Gasteiger partial charge in [-0.25, -0.2) is 0 Å². The second-order valence-electron chi connectivity index (χ2n) is 5.95. The molecule has 0 aromatic rings. The van der Waals surface area contributed by atoms with Crippen molar-refractivity contribution < 1.29 is 14.3 Å². The Morgan fingerprint density at radius 3 is 2.89 bits per heavy atom. The van der Waals surface area contributed by atoms with Crippen molar-refractivity contribution in [3.63, 3.8) is 0 Å². The average Bonchev–Trinajstić information content (AvgIpc) is 2.80. The van der Waals surface area contributed by atoms with Crippen LogP contribution in [0.15, 0.2) is 47.1 Å². The van der Waals surface area contributed by atoms with E-state index < -0.39 is 0 Å². The topological polar surface area (TPSA) is 43.4 Å². The van der Waals surface area contributed by atoms with Crippen molar-refractivity contribution in [1.29, 1.82) is 0 Å². The number of hydrogen-bond donors (Lipinski definition) is 0. The summed E-state index contributed by atoms with van der Waals surface area (Å²) in [6.07, 6.45) is 9.46. The maximum atomic E-state index is 12.1. The molecular formula is C16H14O3. The van der Waals surface area contributed by atoms with Gasteiger partial charge in [-0.2, -0.15) is 0 Å². The van der Waals surface area contributed by atoms with E-state index in [4.69, 9.17) is 4.74 Å². The van der Waals surface area contributed by atoms with Crippen LogP contribution >= 0.6 is 0 Å². The zero-order chi connectivity index (χ0) is 13.2. The van der Waals surface area contributed by atoms with Crippen LogP contribution in [-0.4, -0.2) is 24.3 Å². The van der Waals surface area contributed by atoms with Crippen LogP contribution < -0.4 is 0 Å². The summed E-state index contributed by atoms with van der Waals surface area (Å²) in [6.45, 7) is 2.72. The molecule has 3 atom stereocenters. The summed E-state index contributed by atoms with van der Waals surface area (Å²) in [5.74, 6) is 0.117. The molecule has 1 fully saturated rings. The molecule has 3 aliphatic carbocycles. The molecule has 3 nitrogen and oxygen atoms in total. The number of hydrogen-bond acceptors (Lipinski definition) is 3. The quantitative estimate of drug-likeness (QED) is 0.620. The second-order valence-corrected chi connectivity index (χ2v) is 5.95. The van der Waals surface area contributed by atoms with Gasteiger partial charge in [-0.3, -0.25) is 9.59 Å². The predicted octanol–water partition coefficient (Wildman–Crippen LogP) is 1.91. The lowest BCUT2D eigenvalue weighted by Gasteiger charge is -2.43. The molecule has 0 saturated carbocycles. The summed E-state index contributed by atoms with van der Waals surface area (Å²) >= 11 is 0. The summed E-state index contributed by atoms with van der Waals surface area (Å²) in [6, 6.07) is 0. The number of ether oxygens (including phenoxy) is 1. The normalized spacial score (nSPS) is 39.3. The van der Waals surface area contributed by atoms with Crippen LogP contribution in [0.3, 0.4) is 0 Å². The Hall–Kier alpha value is -1.74. The maximum absolute atomic E-state index is 12.1. The highest BCUT2D eigenvalue weighted by atomic mass is 16.5. The van der Waals surface area contributed by atoms with E-state index in [0.29, 0.717) is 24.2 Å². The van der Waals surface area contributed by atoms with E-state index in [2.05, 4.69) is 19.1 Å². The highest BCUT2D eigenvalue weighted by Gasteiger charge is 2.53. The summed E-state index contributed by atoms with van der Waals surface area (Å²) < 4.78 is 5.85. The van der Waals surface area contributed by atoms with Gasteiger partial charge in [0.25, 0.3) is 0 Å². The van der Waals surface area contributed by atoms with E-state index in [0.717, 1.165) is 0 Å². The minimum absolute atomic E-state index is 0.0331. The molecular weight excluding hydrogens is 240 g/mol. The van der Waals surface area contributed by atoms with Crippen molar-refractivity contribution in [2.45, 2.75) is 19.4 Å². The first kappa shape index (κ1) is 11.1. The predicted molar refractivity (Wildman–Crippen MR) is 69.4 cm³/mol. The standard InChI is InChI=1S/C16H14O3/c1-16-6-2-3-9-8-19-15(14(9)16)13-10(7-16)11(17)4-5-12(13)18/h2-6,14-15H,7-8H2,1H3. The van der Waals surface area contributed by atoms with Crippen molar-refractivity contribution >= 4 is 11.6 Å². The number of allylic oxidation sites excluding steroid dienone is 6. The molecule has 1 aliphatic heterocycles. The zero-order valence-corrected chi connectivity index (χ0v) is 10.7. The lowest BCUT2D eigenvalue weighted by atomic mass is 9.59. The zero-order valence-electron chi connectivity index (χ0n) is 10.7. The Balaban J connectivity index is 1.93. The van der Waals surface area contributed by atoms with Crippen LogP contribution in [0.1, 0.15) is 13.3 Å². The Kier molecular flexibility index (Phi) is 2.00. The fourth-order valence-electron chi connectivity index (χ4n) is 3.90. The summed E-state index contributed by atoms with van der Waals surface area (Å²) in [4.78, 5) is 24.2. The Morgan fingerprint density at radius 1 is 1.26 bits per heavy atom. The van der Waals surface area contributed by atoms with Gasteiger partial charge >= 0.3 is 0 Å². The van der Waals surface area contributed by atoms with Gasteiger partial charge in [0.2, 0.25) is 0 Å². The molecule has 0 aromatic heterocycles. The van der Waals surface area contributed by atoms with Gasteiger partial charge in [0.15, 0.2) is 11.6 Å². The first-order valence-corrected chi connectivity index (χ1v) is 6.60. The van der Waals surface area contributed by atoms with Crippen molar-refractivity contribution in [2.24, 2.45) is 11.3 Å². The minimum atomic E-state index is -0.244. The van der Waals surface area contributed by atoms with Crippen molar-refractivity contribution in [1.82, 2.24) is 0 Å². The molecule has 0 bridgehead atoms. The number of fused-ring (bicyclic) bond motifs is 1. The third-order valence-corrected chi connectivity index (χ3v) is 4.75. The molecule has 96 valence electrons.